The molecule has 2 aliphatic rings. The van der Waals surface area contributed by atoms with Crippen molar-refractivity contribution in [3.05, 3.63) is 35.4 Å². The van der Waals surface area contributed by atoms with Crippen LogP contribution in [0.25, 0.3) is 0 Å². The Morgan fingerprint density at radius 3 is 2.50 bits per heavy atom. The average Bonchev–Trinajstić information content (AvgIpc) is 2.58. The smallest absolute Gasteiger partial charge is 0.0480 e. The van der Waals surface area contributed by atoms with Gasteiger partial charge in [0.05, 0.1) is 0 Å². The van der Waals surface area contributed by atoms with Gasteiger partial charge in [-0.2, -0.15) is 0 Å². The van der Waals surface area contributed by atoms with Gasteiger partial charge in [0.25, 0.3) is 0 Å². The van der Waals surface area contributed by atoms with Crippen molar-refractivity contribution in [2.75, 3.05) is 45.9 Å². The fourth-order valence-electron chi connectivity index (χ4n) is 3.79. The summed E-state index contributed by atoms with van der Waals surface area (Å²) >= 11 is 0. The van der Waals surface area contributed by atoms with Crippen LogP contribution in [0.4, 0.5) is 0 Å². The minimum absolute atomic E-state index is 0.780. The van der Waals surface area contributed by atoms with Crippen LogP contribution >= 0.6 is 0 Å². The minimum Gasteiger partial charge on any atom is -0.381 e. The van der Waals surface area contributed by atoms with E-state index < -0.39 is 0 Å². The predicted octanol–water partition coefficient (Wildman–Crippen LogP) is 2.72. The van der Waals surface area contributed by atoms with E-state index in [1.54, 1.807) is 0 Å². The zero-order chi connectivity index (χ0) is 15.2. The molecule has 0 N–H and O–H groups in total. The van der Waals surface area contributed by atoms with Gasteiger partial charge in [0.1, 0.15) is 0 Å². The Labute approximate surface area is 135 Å². The Hall–Kier alpha value is -0.900. The van der Waals surface area contributed by atoms with Gasteiger partial charge in [-0.3, -0.25) is 4.90 Å². The second-order valence-corrected chi connectivity index (χ2v) is 6.75. The van der Waals surface area contributed by atoms with Crippen molar-refractivity contribution in [2.45, 2.75) is 38.6 Å². The van der Waals surface area contributed by atoms with Crippen LogP contribution in [0, 0.1) is 6.92 Å². The molecular weight excluding hydrogens is 272 g/mol. The Kier molecular flexibility index (Phi) is 5.88. The minimum atomic E-state index is 0.780. The molecule has 0 bridgehead atoms. The van der Waals surface area contributed by atoms with Crippen LogP contribution in [-0.2, 0) is 11.2 Å². The lowest BCUT2D eigenvalue weighted by molar-refractivity contribution is 0.0137. The SMILES string of the molecule is Cc1ccccc1CCCN1CCN(C2CCOCC2)CC1. The summed E-state index contributed by atoms with van der Waals surface area (Å²) in [7, 11) is 0. The Morgan fingerprint density at radius 2 is 1.77 bits per heavy atom. The summed E-state index contributed by atoms with van der Waals surface area (Å²) in [4.78, 5) is 5.34. The maximum atomic E-state index is 5.48. The largest absolute Gasteiger partial charge is 0.381 e. The molecule has 2 fully saturated rings. The number of hydrogen-bond donors (Lipinski definition) is 0. The number of rotatable bonds is 5. The third-order valence-corrected chi connectivity index (χ3v) is 5.30. The van der Waals surface area contributed by atoms with Gasteiger partial charge in [0.15, 0.2) is 0 Å². The van der Waals surface area contributed by atoms with E-state index >= 15 is 0 Å². The monoisotopic (exact) mass is 302 g/mol. The number of nitrogens with zero attached hydrogens (tertiary/aromatic N) is 2. The van der Waals surface area contributed by atoms with Gasteiger partial charge >= 0.3 is 0 Å². The van der Waals surface area contributed by atoms with Crippen molar-refractivity contribution in [2.24, 2.45) is 0 Å². The second kappa shape index (κ2) is 8.09. The van der Waals surface area contributed by atoms with Crippen LogP contribution in [0.2, 0.25) is 0 Å². The molecule has 0 aliphatic carbocycles. The highest BCUT2D eigenvalue weighted by atomic mass is 16.5. The molecule has 2 aliphatic heterocycles. The molecule has 3 rings (SSSR count). The molecule has 0 atom stereocenters. The lowest BCUT2D eigenvalue weighted by atomic mass is 10.0. The number of piperazine rings is 1. The van der Waals surface area contributed by atoms with Crippen LogP contribution < -0.4 is 0 Å². The standard InChI is InChI=1S/C19H30N2O/c1-17-5-2-3-6-18(17)7-4-10-20-11-13-21(14-12-20)19-8-15-22-16-9-19/h2-3,5-6,19H,4,7-16H2,1H3. The number of ether oxygens (including phenoxy) is 1. The van der Waals surface area contributed by atoms with E-state index in [0.717, 1.165) is 19.3 Å². The molecule has 0 saturated carbocycles. The van der Waals surface area contributed by atoms with E-state index in [1.807, 2.05) is 0 Å². The molecule has 22 heavy (non-hydrogen) atoms. The number of hydrogen-bond acceptors (Lipinski definition) is 3. The van der Waals surface area contributed by atoms with Crippen molar-refractivity contribution < 1.29 is 4.74 Å². The lowest BCUT2D eigenvalue weighted by Gasteiger charge is -2.40. The van der Waals surface area contributed by atoms with Crippen molar-refractivity contribution in [1.29, 1.82) is 0 Å². The topological polar surface area (TPSA) is 15.7 Å². The fraction of sp³-hybridized carbons (Fsp3) is 0.684. The highest BCUT2D eigenvalue weighted by molar-refractivity contribution is 5.25. The molecule has 2 saturated heterocycles. The third-order valence-electron chi connectivity index (χ3n) is 5.30. The van der Waals surface area contributed by atoms with E-state index in [-0.39, 0.29) is 0 Å². The van der Waals surface area contributed by atoms with Gasteiger partial charge in [-0.25, -0.2) is 0 Å². The molecule has 0 amide bonds. The molecular formula is C19H30N2O. The molecule has 0 unspecified atom stereocenters. The molecule has 0 spiro atoms. The van der Waals surface area contributed by atoms with Gasteiger partial charge in [-0.15, -0.1) is 0 Å². The highest BCUT2D eigenvalue weighted by Crippen LogP contribution is 2.17. The third kappa shape index (κ3) is 4.31. The first-order valence-electron chi connectivity index (χ1n) is 8.91. The molecule has 122 valence electrons. The summed E-state index contributed by atoms with van der Waals surface area (Å²) < 4.78 is 5.48. The second-order valence-electron chi connectivity index (χ2n) is 6.75. The van der Waals surface area contributed by atoms with Crippen molar-refractivity contribution in [3.8, 4) is 0 Å². The molecule has 2 heterocycles. The zero-order valence-corrected chi connectivity index (χ0v) is 14.0. The Bertz CT molecular complexity index is 449. The molecule has 1 aromatic carbocycles. The maximum Gasteiger partial charge on any atom is 0.0480 e. The molecule has 3 nitrogen and oxygen atoms in total. The molecule has 0 radical (unpaired) electrons. The highest BCUT2D eigenvalue weighted by Gasteiger charge is 2.25. The molecule has 3 heteroatoms. The number of benzene rings is 1. The average molecular weight is 302 g/mol. The first-order chi connectivity index (χ1) is 10.8. The van der Waals surface area contributed by atoms with Crippen LogP contribution in [0.1, 0.15) is 30.4 Å². The first kappa shape index (κ1) is 16.0. The van der Waals surface area contributed by atoms with Gasteiger partial charge in [-0.05, 0) is 50.3 Å². The summed E-state index contributed by atoms with van der Waals surface area (Å²) in [5, 5.41) is 0. The van der Waals surface area contributed by atoms with Crippen molar-refractivity contribution in [3.63, 3.8) is 0 Å². The predicted molar refractivity (Wildman–Crippen MR) is 91.4 cm³/mol. The summed E-state index contributed by atoms with van der Waals surface area (Å²) in [6, 6.07) is 9.58. The molecule has 1 aromatic rings. The van der Waals surface area contributed by atoms with E-state index in [1.165, 1.54) is 69.5 Å². The van der Waals surface area contributed by atoms with Crippen molar-refractivity contribution >= 4 is 0 Å². The van der Waals surface area contributed by atoms with Gasteiger partial charge < -0.3 is 9.64 Å². The van der Waals surface area contributed by atoms with Crippen LogP contribution in [0.3, 0.4) is 0 Å². The zero-order valence-electron chi connectivity index (χ0n) is 14.0. The fourth-order valence-corrected chi connectivity index (χ4v) is 3.79. The van der Waals surface area contributed by atoms with Crippen molar-refractivity contribution in [1.82, 2.24) is 9.80 Å². The summed E-state index contributed by atoms with van der Waals surface area (Å²) in [6.07, 6.45) is 4.95. The van der Waals surface area contributed by atoms with Gasteiger partial charge in [-0.1, -0.05) is 24.3 Å². The van der Waals surface area contributed by atoms with E-state index in [2.05, 4.69) is 41.0 Å². The summed E-state index contributed by atoms with van der Waals surface area (Å²) in [6.45, 7) is 10.4. The van der Waals surface area contributed by atoms with Crippen LogP contribution in [0.15, 0.2) is 24.3 Å². The molecule has 0 aromatic heterocycles. The number of aryl methyl sites for hydroxylation is 2. The van der Waals surface area contributed by atoms with E-state index in [4.69, 9.17) is 4.74 Å². The van der Waals surface area contributed by atoms with E-state index in [0.29, 0.717) is 0 Å². The van der Waals surface area contributed by atoms with Gasteiger partial charge in [0.2, 0.25) is 0 Å². The normalized spacial score (nSPS) is 22.0. The lowest BCUT2D eigenvalue weighted by Crippen LogP contribution is -2.51. The summed E-state index contributed by atoms with van der Waals surface area (Å²) in [5.74, 6) is 0. The first-order valence-corrected chi connectivity index (χ1v) is 8.91. The Balaban J connectivity index is 1.36. The Morgan fingerprint density at radius 1 is 1.05 bits per heavy atom. The van der Waals surface area contributed by atoms with Crippen LogP contribution in [0.5, 0.6) is 0 Å². The van der Waals surface area contributed by atoms with Crippen LogP contribution in [-0.4, -0.2) is 61.8 Å². The summed E-state index contributed by atoms with van der Waals surface area (Å²) in [5.41, 5.74) is 2.95. The maximum absolute atomic E-state index is 5.48. The van der Waals surface area contributed by atoms with E-state index in [9.17, 15) is 0 Å². The van der Waals surface area contributed by atoms with Gasteiger partial charge in [0, 0.05) is 45.4 Å². The quantitative estimate of drug-likeness (QED) is 0.832.